The predicted molar refractivity (Wildman–Crippen MR) is 87.0 cm³/mol. The zero-order chi connectivity index (χ0) is 16.2. The Bertz CT molecular complexity index is 824. The van der Waals surface area contributed by atoms with Gasteiger partial charge in [0.05, 0.1) is 19.7 Å². The van der Waals surface area contributed by atoms with Crippen molar-refractivity contribution in [3.63, 3.8) is 0 Å². The first-order valence-corrected chi connectivity index (χ1v) is 7.17. The van der Waals surface area contributed by atoms with Gasteiger partial charge in [-0.3, -0.25) is 0 Å². The fraction of sp³-hybridized carbons (Fsp3) is 0.167. The molecule has 0 saturated heterocycles. The van der Waals surface area contributed by atoms with Crippen molar-refractivity contribution in [2.75, 3.05) is 14.2 Å². The molecule has 0 saturated carbocycles. The van der Waals surface area contributed by atoms with Crippen molar-refractivity contribution in [2.45, 2.75) is 6.61 Å². The lowest BCUT2D eigenvalue weighted by molar-refractivity contribution is 0.0595. The summed E-state index contributed by atoms with van der Waals surface area (Å²) in [5, 5.41) is 0.856. The summed E-state index contributed by atoms with van der Waals surface area (Å²) in [7, 11) is 2.94. The SMILES string of the molecule is COC(=O)c1cc2cc(OC)c(OCc3ccccc3)cc2[nH]1. The molecule has 0 aliphatic heterocycles. The van der Waals surface area contributed by atoms with Crippen LogP contribution in [0.5, 0.6) is 11.5 Å². The van der Waals surface area contributed by atoms with Crippen LogP contribution < -0.4 is 9.47 Å². The van der Waals surface area contributed by atoms with E-state index in [0.717, 1.165) is 16.5 Å². The van der Waals surface area contributed by atoms with Gasteiger partial charge in [0, 0.05) is 11.5 Å². The smallest absolute Gasteiger partial charge is 0.354 e. The molecule has 0 bridgehead atoms. The number of hydrogen-bond donors (Lipinski definition) is 1. The molecule has 5 heteroatoms. The van der Waals surface area contributed by atoms with Gasteiger partial charge in [-0.2, -0.15) is 0 Å². The molecule has 0 radical (unpaired) electrons. The zero-order valence-electron chi connectivity index (χ0n) is 13.0. The number of ether oxygens (including phenoxy) is 3. The molecule has 0 aliphatic rings. The summed E-state index contributed by atoms with van der Waals surface area (Å²) in [6, 6.07) is 15.3. The van der Waals surface area contributed by atoms with E-state index >= 15 is 0 Å². The van der Waals surface area contributed by atoms with Crippen LogP contribution in [-0.2, 0) is 11.3 Å². The van der Waals surface area contributed by atoms with Crippen molar-refractivity contribution in [3.8, 4) is 11.5 Å². The molecule has 1 N–H and O–H groups in total. The Kier molecular flexibility index (Phi) is 4.19. The minimum absolute atomic E-state index is 0.393. The summed E-state index contributed by atoms with van der Waals surface area (Å²) in [5.74, 6) is 0.817. The molecule has 23 heavy (non-hydrogen) atoms. The first kappa shape index (κ1) is 15.0. The molecule has 1 aromatic heterocycles. The van der Waals surface area contributed by atoms with E-state index < -0.39 is 5.97 Å². The number of fused-ring (bicyclic) bond motifs is 1. The van der Waals surface area contributed by atoms with Crippen molar-refractivity contribution < 1.29 is 19.0 Å². The Balaban J connectivity index is 1.90. The zero-order valence-corrected chi connectivity index (χ0v) is 13.0. The van der Waals surface area contributed by atoms with Crippen molar-refractivity contribution in [1.29, 1.82) is 0 Å². The van der Waals surface area contributed by atoms with Crippen LogP contribution in [0, 0.1) is 0 Å². The van der Waals surface area contributed by atoms with Gasteiger partial charge in [0.25, 0.3) is 0 Å². The number of esters is 1. The van der Waals surface area contributed by atoms with Crippen LogP contribution in [0.25, 0.3) is 10.9 Å². The number of hydrogen-bond acceptors (Lipinski definition) is 4. The first-order chi connectivity index (χ1) is 11.2. The maximum absolute atomic E-state index is 11.6. The van der Waals surface area contributed by atoms with Gasteiger partial charge in [0.2, 0.25) is 0 Å². The van der Waals surface area contributed by atoms with Gasteiger partial charge in [-0.05, 0) is 17.7 Å². The third-order valence-corrected chi connectivity index (χ3v) is 3.55. The maximum Gasteiger partial charge on any atom is 0.354 e. The summed E-state index contributed by atoms with van der Waals surface area (Å²) in [4.78, 5) is 14.6. The normalized spacial score (nSPS) is 10.5. The van der Waals surface area contributed by atoms with Gasteiger partial charge in [0.1, 0.15) is 12.3 Å². The van der Waals surface area contributed by atoms with Gasteiger partial charge < -0.3 is 19.2 Å². The fourth-order valence-corrected chi connectivity index (χ4v) is 2.37. The van der Waals surface area contributed by atoms with Crippen LogP contribution in [0.3, 0.4) is 0 Å². The van der Waals surface area contributed by atoms with E-state index in [1.165, 1.54) is 7.11 Å². The van der Waals surface area contributed by atoms with E-state index in [9.17, 15) is 4.79 Å². The molecular weight excluding hydrogens is 294 g/mol. The molecular formula is C18H17NO4. The van der Waals surface area contributed by atoms with Gasteiger partial charge in [-0.15, -0.1) is 0 Å². The van der Waals surface area contributed by atoms with Gasteiger partial charge in [-0.1, -0.05) is 30.3 Å². The molecule has 0 aliphatic carbocycles. The van der Waals surface area contributed by atoms with Crippen molar-refractivity contribution in [1.82, 2.24) is 4.98 Å². The van der Waals surface area contributed by atoms with Crippen LogP contribution >= 0.6 is 0 Å². The summed E-state index contributed by atoms with van der Waals surface area (Å²) >= 11 is 0. The molecule has 1 heterocycles. The third kappa shape index (κ3) is 3.13. The topological polar surface area (TPSA) is 60.6 Å². The number of carbonyl (C=O) groups is 1. The van der Waals surface area contributed by atoms with E-state index in [1.54, 1.807) is 13.2 Å². The standard InChI is InChI=1S/C18H17NO4/c1-21-16-9-13-8-15(18(20)22-2)19-14(13)10-17(16)23-11-12-6-4-3-5-7-12/h3-10,19H,11H2,1-2H3. The number of aromatic amines is 1. The van der Waals surface area contributed by atoms with Crippen molar-refractivity contribution >= 4 is 16.9 Å². The van der Waals surface area contributed by atoms with Crippen LogP contribution in [0.4, 0.5) is 0 Å². The van der Waals surface area contributed by atoms with Crippen molar-refractivity contribution in [3.05, 3.63) is 59.8 Å². The number of rotatable bonds is 5. The van der Waals surface area contributed by atoms with E-state index in [1.807, 2.05) is 42.5 Å². The second-order valence-corrected chi connectivity index (χ2v) is 5.04. The van der Waals surface area contributed by atoms with Crippen LogP contribution in [0.2, 0.25) is 0 Å². The lowest BCUT2D eigenvalue weighted by atomic mass is 10.2. The Morgan fingerprint density at radius 1 is 1.04 bits per heavy atom. The second-order valence-electron chi connectivity index (χ2n) is 5.04. The average Bonchev–Trinajstić information content (AvgIpc) is 3.02. The van der Waals surface area contributed by atoms with Crippen molar-refractivity contribution in [2.24, 2.45) is 0 Å². The summed E-state index contributed by atoms with van der Waals surface area (Å²) in [5.41, 5.74) is 2.25. The van der Waals surface area contributed by atoms with Crippen LogP contribution in [-0.4, -0.2) is 25.2 Å². The minimum atomic E-state index is -0.410. The molecule has 0 fully saturated rings. The Morgan fingerprint density at radius 3 is 2.52 bits per heavy atom. The largest absolute Gasteiger partial charge is 0.493 e. The molecule has 118 valence electrons. The summed E-state index contributed by atoms with van der Waals surface area (Å²) in [6.45, 7) is 0.438. The summed E-state index contributed by atoms with van der Waals surface area (Å²) < 4.78 is 16.0. The quantitative estimate of drug-likeness (QED) is 0.732. The first-order valence-electron chi connectivity index (χ1n) is 7.17. The van der Waals surface area contributed by atoms with Crippen LogP contribution in [0.15, 0.2) is 48.5 Å². The number of methoxy groups -OCH3 is 2. The highest BCUT2D eigenvalue weighted by atomic mass is 16.5. The monoisotopic (exact) mass is 311 g/mol. The highest BCUT2D eigenvalue weighted by Gasteiger charge is 2.13. The lowest BCUT2D eigenvalue weighted by Gasteiger charge is -2.11. The molecule has 0 spiro atoms. The highest BCUT2D eigenvalue weighted by Crippen LogP contribution is 2.33. The number of benzene rings is 2. The number of nitrogens with one attached hydrogen (secondary N) is 1. The van der Waals surface area contributed by atoms with E-state index in [4.69, 9.17) is 14.2 Å². The Hall–Kier alpha value is -2.95. The van der Waals surface area contributed by atoms with E-state index in [2.05, 4.69) is 4.98 Å². The molecule has 3 aromatic rings. The molecule has 0 unspecified atom stereocenters. The number of carbonyl (C=O) groups excluding carboxylic acids is 1. The van der Waals surface area contributed by atoms with Gasteiger partial charge >= 0.3 is 5.97 Å². The molecule has 5 nitrogen and oxygen atoms in total. The number of H-pyrrole nitrogens is 1. The predicted octanol–water partition coefficient (Wildman–Crippen LogP) is 3.54. The van der Waals surface area contributed by atoms with Gasteiger partial charge in [-0.25, -0.2) is 4.79 Å². The lowest BCUT2D eigenvalue weighted by Crippen LogP contribution is -2.00. The minimum Gasteiger partial charge on any atom is -0.493 e. The highest BCUT2D eigenvalue weighted by molar-refractivity contribution is 5.95. The third-order valence-electron chi connectivity index (χ3n) is 3.55. The van der Waals surface area contributed by atoms with E-state index in [-0.39, 0.29) is 0 Å². The molecule has 3 rings (SSSR count). The second kappa shape index (κ2) is 6.44. The molecule has 0 amide bonds. The van der Waals surface area contributed by atoms with E-state index in [0.29, 0.717) is 23.8 Å². The molecule has 0 atom stereocenters. The summed E-state index contributed by atoms with van der Waals surface area (Å²) in [6.07, 6.45) is 0. The molecule has 2 aromatic carbocycles. The number of aromatic nitrogens is 1. The average molecular weight is 311 g/mol. The Morgan fingerprint density at radius 2 is 1.83 bits per heavy atom. The maximum atomic E-state index is 11.6. The fourth-order valence-electron chi connectivity index (χ4n) is 2.37. The van der Waals surface area contributed by atoms with Gasteiger partial charge in [0.15, 0.2) is 11.5 Å². The Labute approximate surface area is 133 Å². The van der Waals surface area contributed by atoms with Crippen LogP contribution in [0.1, 0.15) is 16.1 Å².